The van der Waals surface area contributed by atoms with Crippen LogP contribution in [0.5, 0.6) is 0 Å². The van der Waals surface area contributed by atoms with Crippen molar-refractivity contribution in [3.63, 3.8) is 0 Å². The predicted octanol–water partition coefficient (Wildman–Crippen LogP) is 2.85. The molecule has 0 radical (unpaired) electrons. The summed E-state index contributed by atoms with van der Waals surface area (Å²) in [7, 11) is 0. The molecule has 2 heterocycles. The van der Waals surface area contributed by atoms with Gasteiger partial charge in [0, 0.05) is 11.9 Å². The molecule has 1 unspecified atom stereocenters. The third kappa shape index (κ3) is 4.15. The highest BCUT2D eigenvalue weighted by atomic mass is 32.1. The van der Waals surface area contributed by atoms with Gasteiger partial charge in [0.15, 0.2) is 5.76 Å². The molecular formula is C15H20N2O3S. The Labute approximate surface area is 128 Å². The Morgan fingerprint density at radius 3 is 2.90 bits per heavy atom. The van der Waals surface area contributed by atoms with Crippen molar-refractivity contribution in [3.05, 3.63) is 28.3 Å². The summed E-state index contributed by atoms with van der Waals surface area (Å²) < 4.78 is 5.38. The van der Waals surface area contributed by atoms with Gasteiger partial charge in [0.25, 0.3) is 5.91 Å². The molecule has 114 valence electrons. The van der Waals surface area contributed by atoms with E-state index in [0.717, 1.165) is 10.7 Å². The molecule has 0 aliphatic heterocycles. The van der Waals surface area contributed by atoms with Crippen LogP contribution in [0.15, 0.2) is 22.1 Å². The first kappa shape index (κ1) is 15.7. The van der Waals surface area contributed by atoms with Crippen LogP contribution in [0.2, 0.25) is 0 Å². The number of rotatable bonds is 6. The Bertz CT molecular complexity index is 604. The summed E-state index contributed by atoms with van der Waals surface area (Å²) in [4.78, 5) is 16.3. The molecule has 0 aromatic carbocycles. The third-order valence-corrected chi connectivity index (χ3v) is 4.00. The number of aliphatic hydroxyl groups is 1. The largest absolute Gasteiger partial charge is 0.462 e. The zero-order chi connectivity index (χ0) is 15.4. The SMILES string of the molecule is Cc1nc(-c2cc(C(=O)NCCC(O)C(C)C)co2)cs1. The highest BCUT2D eigenvalue weighted by molar-refractivity contribution is 7.09. The van der Waals surface area contributed by atoms with E-state index in [1.165, 1.54) is 17.6 Å². The fourth-order valence-corrected chi connectivity index (χ4v) is 2.44. The maximum Gasteiger partial charge on any atom is 0.254 e. The summed E-state index contributed by atoms with van der Waals surface area (Å²) in [5, 5.41) is 15.3. The number of amides is 1. The number of aromatic nitrogens is 1. The first-order valence-corrected chi connectivity index (χ1v) is 7.82. The Balaban J connectivity index is 1.90. The molecule has 1 amide bonds. The molecule has 5 nitrogen and oxygen atoms in total. The molecule has 21 heavy (non-hydrogen) atoms. The number of hydrogen-bond acceptors (Lipinski definition) is 5. The number of aliphatic hydroxyl groups excluding tert-OH is 1. The molecule has 2 aromatic rings. The van der Waals surface area contributed by atoms with Gasteiger partial charge in [-0.2, -0.15) is 0 Å². The van der Waals surface area contributed by atoms with Crippen LogP contribution >= 0.6 is 11.3 Å². The summed E-state index contributed by atoms with van der Waals surface area (Å²) in [6, 6.07) is 1.68. The van der Waals surface area contributed by atoms with E-state index in [1.54, 1.807) is 6.07 Å². The quantitative estimate of drug-likeness (QED) is 0.860. The van der Waals surface area contributed by atoms with Crippen molar-refractivity contribution >= 4 is 17.2 Å². The number of hydrogen-bond donors (Lipinski definition) is 2. The van der Waals surface area contributed by atoms with E-state index in [9.17, 15) is 9.90 Å². The molecule has 0 saturated carbocycles. The van der Waals surface area contributed by atoms with Crippen molar-refractivity contribution in [2.24, 2.45) is 5.92 Å². The van der Waals surface area contributed by atoms with Gasteiger partial charge < -0.3 is 14.8 Å². The van der Waals surface area contributed by atoms with E-state index in [2.05, 4.69) is 10.3 Å². The Kier molecular flexibility index (Phi) is 5.14. The molecule has 0 fully saturated rings. The topological polar surface area (TPSA) is 75.4 Å². The fraction of sp³-hybridized carbons (Fsp3) is 0.467. The number of aryl methyl sites for hydroxylation is 1. The number of thiazole rings is 1. The Hall–Kier alpha value is -1.66. The summed E-state index contributed by atoms with van der Waals surface area (Å²) in [5.74, 6) is 0.579. The smallest absolute Gasteiger partial charge is 0.254 e. The van der Waals surface area contributed by atoms with E-state index in [4.69, 9.17) is 4.42 Å². The average Bonchev–Trinajstić information content (AvgIpc) is 3.06. The van der Waals surface area contributed by atoms with Gasteiger partial charge in [-0.1, -0.05) is 13.8 Å². The number of nitrogens with zero attached hydrogens (tertiary/aromatic N) is 1. The van der Waals surface area contributed by atoms with Gasteiger partial charge in [0.2, 0.25) is 0 Å². The van der Waals surface area contributed by atoms with Crippen LogP contribution in [0, 0.1) is 12.8 Å². The number of nitrogens with one attached hydrogen (secondary N) is 1. The zero-order valence-corrected chi connectivity index (χ0v) is 13.2. The van der Waals surface area contributed by atoms with Crippen LogP contribution in [-0.2, 0) is 0 Å². The maximum atomic E-state index is 12.0. The zero-order valence-electron chi connectivity index (χ0n) is 12.4. The minimum Gasteiger partial charge on any atom is -0.462 e. The van der Waals surface area contributed by atoms with E-state index in [-0.39, 0.29) is 11.8 Å². The van der Waals surface area contributed by atoms with Gasteiger partial charge in [0.1, 0.15) is 12.0 Å². The summed E-state index contributed by atoms with van der Waals surface area (Å²) in [6.07, 6.45) is 1.57. The van der Waals surface area contributed by atoms with Gasteiger partial charge in [-0.3, -0.25) is 4.79 Å². The number of carbonyl (C=O) groups excluding carboxylic acids is 1. The van der Waals surface area contributed by atoms with Crippen LogP contribution in [0.1, 0.15) is 35.6 Å². The molecule has 2 aromatic heterocycles. The monoisotopic (exact) mass is 308 g/mol. The van der Waals surface area contributed by atoms with Crippen molar-refractivity contribution in [2.45, 2.75) is 33.3 Å². The lowest BCUT2D eigenvalue weighted by Gasteiger charge is -2.14. The van der Waals surface area contributed by atoms with E-state index >= 15 is 0 Å². The molecule has 0 saturated heterocycles. The van der Waals surface area contributed by atoms with Crippen LogP contribution in [-0.4, -0.2) is 28.6 Å². The van der Waals surface area contributed by atoms with Crippen LogP contribution in [0.25, 0.3) is 11.5 Å². The van der Waals surface area contributed by atoms with Crippen molar-refractivity contribution < 1.29 is 14.3 Å². The average molecular weight is 308 g/mol. The molecule has 0 bridgehead atoms. The predicted molar refractivity (Wildman–Crippen MR) is 82.3 cm³/mol. The van der Waals surface area contributed by atoms with Crippen LogP contribution in [0.4, 0.5) is 0 Å². The highest BCUT2D eigenvalue weighted by Crippen LogP contribution is 2.23. The molecular weight excluding hydrogens is 288 g/mol. The lowest BCUT2D eigenvalue weighted by molar-refractivity contribution is 0.0919. The van der Waals surface area contributed by atoms with Gasteiger partial charge >= 0.3 is 0 Å². The minimum atomic E-state index is -0.400. The first-order chi connectivity index (χ1) is 9.97. The van der Waals surface area contributed by atoms with Crippen molar-refractivity contribution in [2.75, 3.05) is 6.54 Å². The molecule has 6 heteroatoms. The minimum absolute atomic E-state index is 0.190. The van der Waals surface area contributed by atoms with E-state index in [1.807, 2.05) is 26.2 Å². The Morgan fingerprint density at radius 2 is 2.29 bits per heavy atom. The van der Waals surface area contributed by atoms with Gasteiger partial charge in [-0.15, -0.1) is 11.3 Å². The van der Waals surface area contributed by atoms with Crippen molar-refractivity contribution in [1.82, 2.24) is 10.3 Å². The van der Waals surface area contributed by atoms with Crippen LogP contribution < -0.4 is 5.32 Å². The second-order valence-corrected chi connectivity index (χ2v) is 6.37. The van der Waals surface area contributed by atoms with Crippen molar-refractivity contribution in [3.8, 4) is 11.5 Å². The molecule has 2 N–H and O–H groups in total. The van der Waals surface area contributed by atoms with Gasteiger partial charge in [-0.25, -0.2) is 4.98 Å². The summed E-state index contributed by atoms with van der Waals surface area (Å²) in [6.45, 7) is 6.26. The standard InChI is InChI=1S/C15H20N2O3S/c1-9(2)13(18)4-5-16-15(19)11-6-14(20-7-11)12-8-21-10(3)17-12/h6-9,13,18H,4-5H2,1-3H3,(H,16,19). The van der Waals surface area contributed by atoms with Crippen LogP contribution in [0.3, 0.4) is 0 Å². The molecule has 0 spiro atoms. The second kappa shape index (κ2) is 6.87. The lowest BCUT2D eigenvalue weighted by Crippen LogP contribution is -2.28. The lowest BCUT2D eigenvalue weighted by atomic mass is 10.0. The number of carbonyl (C=O) groups is 1. The third-order valence-electron chi connectivity index (χ3n) is 3.23. The summed E-state index contributed by atoms with van der Waals surface area (Å²) in [5.41, 5.74) is 1.21. The van der Waals surface area contributed by atoms with Gasteiger partial charge in [-0.05, 0) is 25.3 Å². The fourth-order valence-electron chi connectivity index (χ4n) is 1.84. The Morgan fingerprint density at radius 1 is 1.52 bits per heavy atom. The number of furan rings is 1. The molecule has 2 rings (SSSR count). The second-order valence-electron chi connectivity index (χ2n) is 5.31. The molecule has 0 aliphatic rings. The maximum absolute atomic E-state index is 12.0. The normalized spacial score (nSPS) is 12.6. The van der Waals surface area contributed by atoms with Gasteiger partial charge in [0.05, 0.1) is 16.7 Å². The highest BCUT2D eigenvalue weighted by Gasteiger charge is 2.14. The van der Waals surface area contributed by atoms with E-state index in [0.29, 0.717) is 24.3 Å². The first-order valence-electron chi connectivity index (χ1n) is 6.94. The molecule has 0 aliphatic carbocycles. The molecule has 1 atom stereocenters. The van der Waals surface area contributed by atoms with Crippen molar-refractivity contribution in [1.29, 1.82) is 0 Å². The van der Waals surface area contributed by atoms with E-state index < -0.39 is 6.10 Å². The summed E-state index contributed by atoms with van der Waals surface area (Å²) >= 11 is 1.54.